The molecule has 0 heterocycles. The van der Waals surface area contributed by atoms with Crippen molar-refractivity contribution >= 4 is 11.8 Å². The first kappa shape index (κ1) is 20.7. The minimum Gasteiger partial charge on any atom is -0.493 e. The van der Waals surface area contributed by atoms with Crippen molar-refractivity contribution in [1.82, 2.24) is 10.2 Å². The van der Waals surface area contributed by atoms with Crippen LogP contribution in [-0.4, -0.2) is 43.0 Å². The van der Waals surface area contributed by atoms with Crippen molar-refractivity contribution in [3.63, 3.8) is 0 Å². The molecule has 1 atom stereocenters. The fourth-order valence-electron chi connectivity index (χ4n) is 3.22. The maximum Gasteiger partial charge on any atom is 0.260 e. The minimum absolute atomic E-state index is 0.0644. The summed E-state index contributed by atoms with van der Waals surface area (Å²) < 4.78 is 10.9. The van der Waals surface area contributed by atoms with Gasteiger partial charge in [-0.2, -0.15) is 0 Å². The van der Waals surface area contributed by atoms with E-state index in [-0.39, 0.29) is 36.9 Å². The van der Waals surface area contributed by atoms with Gasteiger partial charge in [-0.25, -0.2) is 0 Å². The zero-order valence-electron chi connectivity index (χ0n) is 17.0. The molecule has 154 valence electrons. The third-order valence-electron chi connectivity index (χ3n) is 4.99. The van der Waals surface area contributed by atoms with E-state index < -0.39 is 0 Å². The number of para-hydroxylation sites is 2. The van der Waals surface area contributed by atoms with Crippen LogP contribution in [0.1, 0.15) is 37.8 Å². The van der Waals surface area contributed by atoms with Gasteiger partial charge in [0.25, 0.3) is 5.91 Å². The number of hydrogen-bond donors (Lipinski definition) is 1. The number of carbonyl (C=O) groups excluding carboxylic acids is 2. The van der Waals surface area contributed by atoms with Gasteiger partial charge in [-0.15, -0.1) is 0 Å². The fourth-order valence-corrected chi connectivity index (χ4v) is 3.22. The lowest BCUT2D eigenvalue weighted by molar-refractivity contribution is -0.134. The van der Waals surface area contributed by atoms with Gasteiger partial charge in [-0.1, -0.05) is 42.5 Å². The van der Waals surface area contributed by atoms with Gasteiger partial charge < -0.3 is 19.7 Å². The molecule has 1 aliphatic carbocycles. The van der Waals surface area contributed by atoms with Crippen LogP contribution < -0.4 is 14.8 Å². The molecule has 0 aromatic heterocycles. The maximum absolute atomic E-state index is 12.7. The quantitative estimate of drug-likeness (QED) is 0.669. The van der Waals surface area contributed by atoms with Crippen LogP contribution >= 0.6 is 0 Å². The summed E-state index contributed by atoms with van der Waals surface area (Å²) in [6.45, 7) is 2.28. The molecule has 1 N–H and O–H groups in total. The summed E-state index contributed by atoms with van der Waals surface area (Å²) in [6.07, 6.45) is 2.22. The maximum atomic E-state index is 12.7. The van der Waals surface area contributed by atoms with Crippen molar-refractivity contribution in [1.29, 1.82) is 0 Å². The molecule has 2 aromatic rings. The molecule has 0 aliphatic heterocycles. The van der Waals surface area contributed by atoms with E-state index in [1.54, 1.807) is 24.1 Å². The lowest BCUT2D eigenvalue weighted by atomic mass is 10.1. The highest BCUT2D eigenvalue weighted by molar-refractivity contribution is 5.80. The lowest BCUT2D eigenvalue weighted by Crippen LogP contribution is -2.39. The summed E-state index contributed by atoms with van der Waals surface area (Å²) in [5, 5.41) is 3.00. The van der Waals surface area contributed by atoms with Crippen molar-refractivity contribution in [3.05, 3.63) is 60.2 Å². The predicted molar refractivity (Wildman–Crippen MR) is 111 cm³/mol. The minimum atomic E-state index is -0.109. The molecule has 1 aliphatic rings. The number of ether oxygens (including phenoxy) is 2. The second-order valence-electron chi connectivity index (χ2n) is 7.21. The van der Waals surface area contributed by atoms with E-state index in [1.165, 1.54) is 0 Å². The first-order valence-corrected chi connectivity index (χ1v) is 9.98. The number of nitrogens with zero attached hydrogens (tertiary/aromatic N) is 1. The largest absolute Gasteiger partial charge is 0.493 e. The first-order chi connectivity index (χ1) is 14.1. The molecular formula is C23H28N2O4. The normalized spacial score (nSPS) is 14.0. The third-order valence-corrected chi connectivity index (χ3v) is 4.99. The predicted octanol–water partition coefficient (Wildman–Crippen LogP) is 3.33. The Hall–Kier alpha value is -3.02. The number of amides is 2. The number of rotatable bonds is 10. The SMILES string of the molecule is COc1ccccc1OCC(=O)N(CCC(=O)NC(C)c1ccccc1)C1CC1. The molecule has 2 amide bonds. The monoisotopic (exact) mass is 396 g/mol. The second-order valence-corrected chi connectivity index (χ2v) is 7.21. The molecule has 6 heteroatoms. The number of hydrogen-bond acceptors (Lipinski definition) is 4. The van der Waals surface area contributed by atoms with Crippen LogP contribution in [0.2, 0.25) is 0 Å². The molecular weight excluding hydrogens is 368 g/mol. The molecule has 3 rings (SSSR count). The highest BCUT2D eigenvalue weighted by Gasteiger charge is 2.33. The summed E-state index contributed by atoms with van der Waals surface area (Å²) in [6, 6.07) is 17.2. The van der Waals surface area contributed by atoms with Crippen molar-refractivity contribution in [2.45, 2.75) is 38.3 Å². The van der Waals surface area contributed by atoms with E-state index in [0.717, 1.165) is 18.4 Å². The Morgan fingerprint density at radius 3 is 2.38 bits per heavy atom. The van der Waals surface area contributed by atoms with Gasteiger partial charge in [0.05, 0.1) is 13.2 Å². The van der Waals surface area contributed by atoms with Gasteiger partial charge in [0.2, 0.25) is 5.91 Å². The number of benzene rings is 2. The molecule has 1 unspecified atom stereocenters. The van der Waals surface area contributed by atoms with Crippen LogP contribution in [0, 0.1) is 0 Å². The fraction of sp³-hybridized carbons (Fsp3) is 0.391. The van der Waals surface area contributed by atoms with E-state index in [1.807, 2.05) is 49.4 Å². The topological polar surface area (TPSA) is 67.9 Å². The van der Waals surface area contributed by atoms with Gasteiger partial charge in [0, 0.05) is 19.0 Å². The van der Waals surface area contributed by atoms with E-state index in [4.69, 9.17) is 9.47 Å². The molecule has 0 saturated heterocycles. The third kappa shape index (κ3) is 5.98. The Morgan fingerprint density at radius 1 is 1.07 bits per heavy atom. The van der Waals surface area contributed by atoms with Crippen LogP contribution in [0.5, 0.6) is 11.5 Å². The Morgan fingerprint density at radius 2 is 1.72 bits per heavy atom. The van der Waals surface area contributed by atoms with E-state index in [9.17, 15) is 9.59 Å². The van der Waals surface area contributed by atoms with Gasteiger partial charge in [-0.05, 0) is 37.5 Å². The smallest absolute Gasteiger partial charge is 0.260 e. The average molecular weight is 396 g/mol. The summed E-state index contributed by atoms with van der Waals surface area (Å²) in [5.41, 5.74) is 1.06. The van der Waals surface area contributed by atoms with Gasteiger partial charge in [-0.3, -0.25) is 9.59 Å². The number of carbonyl (C=O) groups is 2. The second kappa shape index (κ2) is 9.96. The molecule has 0 bridgehead atoms. The summed E-state index contributed by atoms with van der Waals surface area (Å²) in [4.78, 5) is 26.8. The van der Waals surface area contributed by atoms with Crippen LogP contribution in [0.4, 0.5) is 0 Å². The van der Waals surface area contributed by atoms with Crippen molar-refractivity contribution < 1.29 is 19.1 Å². The summed E-state index contributed by atoms with van der Waals surface area (Å²) >= 11 is 0. The summed E-state index contributed by atoms with van der Waals surface area (Å²) in [5.74, 6) is 0.953. The molecule has 1 fully saturated rings. The standard InChI is InChI=1S/C23H28N2O4/c1-17(18-8-4-3-5-9-18)24-22(26)14-15-25(19-12-13-19)23(27)16-29-21-11-7-6-10-20(21)28-2/h3-11,17,19H,12-16H2,1-2H3,(H,24,26). The Bertz CT molecular complexity index is 821. The van der Waals surface area contributed by atoms with Crippen LogP contribution in [0.3, 0.4) is 0 Å². The average Bonchev–Trinajstić information content (AvgIpc) is 3.58. The molecule has 6 nitrogen and oxygen atoms in total. The highest BCUT2D eigenvalue weighted by atomic mass is 16.5. The van der Waals surface area contributed by atoms with Crippen LogP contribution in [0.25, 0.3) is 0 Å². The molecule has 0 spiro atoms. The van der Waals surface area contributed by atoms with Crippen LogP contribution in [0.15, 0.2) is 54.6 Å². The zero-order chi connectivity index (χ0) is 20.6. The van der Waals surface area contributed by atoms with Crippen molar-refractivity contribution in [2.24, 2.45) is 0 Å². The molecule has 2 aromatic carbocycles. The molecule has 1 saturated carbocycles. The lowest BCUT2D eigenvalue weighted by Gasteiger charge is -2.23. The van der Waals surface area contributed by atoms with Gasteiger partial charge in [0.15, 0.2) is 18.1 Å². The van der Waals surface area contributed by atoms with Crippen molar-refractivity contribution in [2.75, 3.05) is 20.3 Å². The first-order valence-electron chi connectivity index (χ1n) is 9.98. The highest BCUT2D eigenvalue weighted by Crippen LogP contribution is 2.28. The van der Waals surface area contributed by atoms with E-state index >= 15 is 0 Å². The Labute approximate surface area is 171 Å². The van der Waals surface area contributed by atoms with Crippen LogP contribution in [-0.2, 0) is 9.59 Å². The van der Waals surface area contributed by atoms with Crippen molar-refractivity contribution in [3.8, 4) is 11.5 Å². The van der Waals surface area contributed by atoms with E-state index in [2.05, 4.69) is 5.32 Å². The van der Waals surface area contributed by atoms with E-state index in [0.29, 0.717) is 18.0 Å². The van der Waals surface area contributed by atoms with Gasteiger partial charge in [0.1, 0.15) is 0 Å². The van der Waals surface area contributed by atoms with Gasteiger partial charge >= 0.3 is 0 Å². The zero-order valence-corrected chi connectivity index (χ0v) is 17.0. The molecule has 29 heavy (non-hydrogen) atoms. The Balaban J connectivity index is 1.49. The number of methoxy groups -OCH3 is 1. The number of nitrogens with one attached hydrogen (secondary N) is 1. The molecule has 0 radical (unpaired) electrons. The summed E-state index contributed by atoms with van der Waals surface area (Å²) in [7, 11) is 1.57. The Kier molecular flexibility index (Phi) is 7.11.